The first-order valence-corrected chi connectivity index (χ1v) is 9.71. The zero-order valence-corrected chi connectivity index (χ0v) is 16.4. The number of pyridine rings is 1. The van der Waals surface area contributed by atoms with Gasteiger partial charge in [-0.2, -0.15) is 0 Å². The van der Waals surface area contributed by atoms with Gasteiger partial charge in [0.2, 0.25) is 0 Å². The van der Waals surface area contributed by atoms with Crippen molar-refractivity contribution in [3.05, 3.63) is 66.7 Å². The van der Waals surface area contributed by atoms with Crippen LogP contribution >= 0.6 is 0 Å². The first kappa shape index (κ1) is 18.4. The topological polar surface area (TPSA) is 57.2 Å². The number of aromatic nitrogens is 3. The van der Waals surface area contributed by atoms with E-state index in [2.05, 4.69) is 75.5 Å². The summed E-state index contributed by atoms with van der Waals surface area (Å²) in [4.78, 5) is 17.6. The molecule has 1 aromatic carbocycles. The number of anilines is 2. The highest BCUT2D eigenvalue weighted by atomic mass is 15.3. The molecule has 0 unspecified atom stereocenters. The number of hydrogen-bond donors (Lipinski definition) is 1. The van der Waals surface area contributed by atoms with Crippen molar-refractivity contribution in [2.45, 2.75) is 13.0 Å². The standard InChI is InChI=1S/C22H26N6/c1-17(26-21-8-9-23-16-25-21)18-4-3-5-19(14-18)20-6-7-22(24-15-20)28-12-10-27(2)11-13-28/h3-9,14-17H,10-13H2,1-2H3,(H,23,25,26)/t17-/m0/s1. The van der Waals surface area contributed by atoms with Crippen molar-refractivity contribution in [1.29, 1.82) is 0 Å². The first-order chi connectivity index (χ1) is 13.7. The predicted octanol–water partition coefficient (Wildman–Crippen LogP) is 3.46. The van der Waals surface area contributed by atoms with E-state index in [-0.39, 0.29) is 6.04 Å². The molecule has 28 heavy (non-hydrogen) atoms. The quantitative estimate of drug-likeness (QED) is 0.738. The maximum Gasteiger partial charge on any atom is 0.129 e. The first-order valence-electron chi connectivity index (χ1n) is 9.71. The Morgan fingerprint density at radius 3 is 2.54 bits per heavy atom. The van der Waals surface area contributed by atoms with Crippen LogP contribution in [0.1, 0.15) is 18.5 Å². The van der Waals surface area contributed by atoms with Gasteiger partial charge in [0.15, 0.2) is 0 Å². The minimum atomic E-state index is 0.146. The summed E-state index contributed by atoms with van der Waals surface area (Å²) in [6.45, 7) is 6.37. The summed E-state index contributed by atoms with van der Waals surface area (Å²) in [5, 5.41) is 3.42. The van der Waals surface area contributed by atoms with E-state index in [0.717, 1.165) is 43.4 Å². The summed E-state index contributed by atoms with van der Waals surface area (Å²) in [5.74, 6) is 1.89. The maximum absolute atomic E-state index is 4.72. The van der Waals surface area contributed by atoms with Gasteiger partial charge in [-0.1, -0.05) is 18.2 Å². The van der Waals surface area contributed by atoms with E-state index >= 15 is 0 Å². The number of benzene rings is 1. The fraction of sp³-hybridized carbons (Fsp3) is 0.318. The average molecular weight is 374 g/mol. The molecule has 3 heterocycles. The molecule has 0 spiro atoms. The second kappa shape index (κ2) is 8.35. The fourth-order valence-electron chi connectivity index (χ4n) is 3.45. The zero-order valence-electron chi connectivity index (χ0n) is 16.4. The minimum Gasteiger partial charge on any atom is -0.363 e. The third kappa shape index (κ3) is 4.28. The fourth-order valence-corrected chi connectivity index (χ4v) is 3.45. The van der Waals surface area contributed by atoms with Crippen LogP contribution in [-0.4, -0.2) is 53.1 Å². The van der Waals surface area contributed by atoms with Crippen molar-refractivity contribution in [2.75, 3.05) is 43.4 Å². The van der Waals surface area contributed by atoms with Gasteiger partial charge in [-0.15, -0.1) is 0 Å². The van der Waals surface area contributed by atoms with Crippen molar-refractivity contribution in [3.8, 4) is 11.1 Å². The van der Waals surface area contributed by atoms with Crippen LogP contribution < -0.4 is 10.2 Å². The molecule has 0 bridgehead atoms. The summed E-state index contributed by atoms with van der Waals surface area (Å²) in [6.07, 6.45) is 5.28. The van der Waals surface area contributed by atoms with Crippen molar-refractivity contribution in [1.82, 2.24) is 19.9 Å². The molecule has 6 nitrogen and oxygen atoms in total. The molecule has 1 aliphatic rings. The van der Waals surface area contributed by atoms with Crippen LogP contribution in [0.2, 0.25) is 0 Å². The Labute approximate surface area is 166 Å². The van der Waals surface area contributed by atoms with Crippen LogP contribution in [0, 0.1) is 0 Å². The van der Waals surface area contributed by atoms with E-state index in [9.17, 15) is 0 Å². The van der Waals surface area contributed by atoms with E-state index in [1.54, 1.807) is 12.5 Å². The van der Waals surface area contributed by atoms with Gasteiger partial charge < -0.3 is 15.1 Å². The molecule has 4 rings (SSSR count). The van der Waals surface area contributed by atoms with Gasteiger partial charge >= 0.3 is 0 Å². The molecule has 144 valence electrons. The Morgan fingerprint density at radius 2 is 1.82 bits per heavy atom. The van der Waals surface area contributed by atoms with E-state index in [1.165, 1.54) is 11.1 Å². The molecule has 1 fully saturated rings. The van der Waals surface area contributed by atoms with Crippen LogP contribution in [0.5, 0.6) is 0 Å². The molecule has 1 atom stereocenters. The summed E-state index contributed by atoms with van der Waals surface area (Å²) < 4.78 is 0. The number of hydrogen-bond acceptors (Lipinski definition) is 6. The van der Waals surface area contributed by atoms with Gasteiger partial charge in [-0.05, 0) is 49.4 Å². The second-order valence-electron chi connectivity index (χ2n) is 7.28. The minimum absolute atomic E-state index is 0.146. The molecule has 0 radical (unpaired) electrons. The lowest BCUT2D eigenvalue weighted by atomic mass is 10.0. The molecule has 1 aliphatic heterocycles. The Hall–Kier alpha value is -2.99. The maximum atomic E-state index is 4.72. The summed E-state index contributed by atoms with van der Waals surface area (Å²) >= 11 is 0. The SMILES string of the molecule is C[C@H](Nc1ccncn1)c1cccc(-c2ccc(N3CCN(C)CC3)nc2)c1. The molecular formula is C22H26N6. The smallest absolute Gasteiger partial charge is 0.129 e. The third-order valence-corrected chi connectivity index (χ3v) is 5.24. The lowest BCUT2D eigenvalue weighted by molar-refractivity contribution is 0.312. The molecular weight excluding hydrogens is 348 g/mol. The van der Waals surface area contributed by atoms with E-state index in [4.69, 9.17) is 4.98 Å². The zero-order chi connectivity index (χ0) is 19.3. The monoisotopic (exact) mass is 374 g/mol. The molecule has 6 heteroatoms. The Bertz CT molecular complexity index is 888. The van der Waals surface area contributed by atoms with Gasteiger partial charge in [-0.3, -0.25) is 0 Å². The predicted molar refractivity (Wildman–Crippen MR) is 113 cm³/mol. The molecule has 0 amide bonds. The molecule has 1 saturated heterocycles. The second-order valence-corrected chi connectivity index (χ2v) is 7.28. The largest absolute Gasteiger partial charge is 0.363 e. The molecule has 3 aromatic rings. The molecule has 0 aliphatic carbocycles. The van der Waals surface area contributed by atoms with Crippen molar-refractivity contribution in [3.63, 3.8) is 0 Å². The average Bonchev–Trinajstić information content (AvgIpc) is 2.75. The van der Waals surface area contributed by atoms with Crippen LogP contribution in [-0.2, 0) is 0 Å². The number of nitrogens with one attached hydrogen (secondary N) is 1. The summed E-state index contributed by atoms with van der Waals surface area (Å²) in [6, 6.07) is 14.9. The van der Waals surface area contributed by atoms with Crippen molar-refractivity contribution < 1.29 is 0 Å². The van der Waals surface area contributed by atoms with Gasteiger partial charge in [-0.25, -0.2) is 15.0 Å². The highest BCUT2D eigenvalue weighted by molar-refractivity contribution is 5.65. The Balaban J connectivity index is 1.48. The van der Waals surface area contributed by atoms with Gasteiger partial charge in [0, 0.05) is 50.2 Å². The van der Waals surface area contributed by atoms with Gasteiger partial charge in [0.1, 0.15) is 18.0 Å². The lowest BCUT2D eigenvalue weighted by Gasteiger charge is -2.33. The van der Waals surface area contributed by atoms with Crippen LogP contribution in [0.25, 0.3) is 11.1 Å². The number of rotatable bonds is 5. The van der Waals surface area contributed by atoms with Crippen LogP contribution in [0.4, 0.5) is 11.6 Å². The Morgan fingerprint density at radius 1 is 0.964 bits per heavy atom. The van der Waals surface area contributed by atoms with E-state index < -0.39 is 0 Å². The number of piperazine rings is 1. The van der Waals surface area contributed by atoms with E-state index in [0.29, 0.717) is 0 Å². The number of likely N-dealkylation sites (N-methyl/N-ethyl adjacent to an activating group) is 1. The normalized spacial score (nSPS) is 16.0. The van der Waals surface area contributed by atoms with Gasteiger partial charge in [0.25, 0.3) is 0 Å². The highest BCUT2D eigenvalue weighted by Crippen LogP contribution is 2.26. The molecule has 2 aromatic heterocycles. The van der Waals surface area contributed by atoms with Crippen LogP contribution in [0.3, 0.4) is 0 Å². The summed E-state index contributed by atoms with van der Waals surface area (Å²) in [5.41, 5.74) is 3.51. The summed E-state index contributed by atoms with van der Waals surface area (Å²) in [7, 11) is 2.17. The van der Waals surface area contributed by atoms with Crippen molar-refractivity contribution >= 4 is 11.6 Å². The molecule has 1 N–H and O–H groups in total. The van der Waals surface area contributed by atoms with E-state index in [1.807, 2.05) is 12.3 Å². The van der Waals surface area contributed by atoms with Crippen LogP contribution in [0.15, 0.2) is 61.2 Å². The Kier molecular flexibility index (Phi) is 5.48. The number of nitrogens with zero attached hydrogens (tertiary/aromatic N) is 5. The lowest BCUT2D eigenvalue weighted by Crippen LogP contribution is -2.44. The van der Waals surface area contributed by atoms with Gasteiger partial charge in [0.05, 0.1) is 0 Å². The van der Waals surface area contributed by atoms with Crippen molar-refractivity contribution in [2.24, 2.45) is 0 Å². The molecule has 0 saturated carbocycles. The highest BCUT2D eigenvalue weighted by Gasteiger charge is 2.15. The third-order valence-electron chi connectivity index (χ3n) is 5.24.